The van der Waals surface area contributed by atoms with E-state index in [9.17, 15) is 9.59 Å². The molecule has 2 amide bonds. The molecule has 7 nitrogen and oxygen atoms in total. The number of hydrogen-bond acceptors (Lipinski definition) is 4. The van der Waals surface area contributed by atoms with Crippen LogP contribution in [0.2, 0.25) is 5.02 Å². The summed E-state index contributed by atoms with van der Waals surface area (Å²) in [6, 6.07) is 7.90. The molecule has 2 heterocycles. The number of rotatable bonds is 4. The molecule has 2 fully saturated rings. The van der Waals surface area contributed by atoms with Crippen molar-refractivity contribution in [2.45, 2.75) is 19.3 Å². The smallest absolute Gasteiger partial charge is 0.229 e. The van der Waals surface area contributed by atoms with Gasteiger partial charge in [-0.3, -0.25) is 19.5 Å². The number of halogens is 2. The molecule has 0 radical (unpaired) electrons. The van der Waals surface area contributed by atoms with Gasteiger partial charge in [-0.15, -0.1) is 24.0 Å². The summed E-state index contributed by atoms with van der Waals surface area (Å²) in [6.07, 6.45) is 1.60. The summed E-state index contributed by atoms with van der Waals surface area (Å²) >= 11 is 6.09. The molecular formula is C19H27ClIN5O2. The minimum absolute atomic E-state index is 0. The average molecular weight is 520 g/mol. The zero-order valence-corrected chi connectivity index (χ0v) is 19.2. The largest absolute Gasteiger partial charge is 0.368 e. The number of amides is 2. The highest BCUT2D eigenvalue weighted by Crippen LogP contribution is 2.20. The first-order chi connectivity index (χ1) is 13.1. The second-order valence-electron chi connectivity index (χ2n) is 6.72. The Morgan fingerprint density at radius 3 is 2.43 bits per heavy atom. The number of benzene rings is 1. The van der Waals surface area contributed by atoms with Gasteiger partial charge < -0.3 is 15.1 Å². The van der Waals surface area contributed by atoms with E-state index >= 15 is 0 Å². The standard InChI is InChI=1S/C19H26ClN5O2.HI/c1-21-19(22-8-9-25-17(26)6-3-7-18(25)27)24-12-10-23(11-13-24)16-5-2-4-15(20)14-16;/h2,4-5,14H,3,6-13H2,1H3,(H,21,22);1H. The number of hydrogen-bond donors (Lipinski definition) is 1. The maximum absolute atomic E-state index is 11.9. The van der Waals surface area contributed by atoms with E-state index in [1.54, 1.807) is 7.05 Å². The van der Waals surface area contributed by atoms with Crippen LogP contribution in [-0.2, 0) is 9.59 Å². The maximum atomic E-state index is 11.9. The van der Waals surface area contributed by atoms with E-state index in [-0.39, 0.29) is 35.8 Å². The highest BCUT2D eigenvalue weighted by Gasteiger charge is 2.26. The van der Waals surface area contributed by atoms with E-state index in [0.717, 1.165) is 42.8 Å². The number of aliphatic imine (C=N–C) groups is 1. The van der Waals surface area contributed by atoms with Crippen molar-refractivity contribution < 1.29 is 9.59 Å². The van der Waals surface area contributed by atoms with Gasteiger partial charge in [0.25, 0.3) is 0 Å². The second kappa shape index (κ2) is 10.8. The Bertz CT molecular complexity index is 706. The van der Waals surface area contributed by atoms with E-state index in [4.69, 9.17) is 11.6 Å². The number of carbonyl (C=O) groups is 2. The summed E-state index contributed by atoms with van der Waals surface area (Å²) < 4.78 is 0. The lowest BCUT2D eigenvalue weighted by molar-refractivity contribution is -0.147. The van der Waals surface area contributed by atoms with Gasteiger partial charge in [-0.05, 0) is 24.6 Å². The van der Waals surface area contributed by atoms with Crippen molar-refractivity contribution in [3.63, 3.8) is 0 Å². The van der Waals surface area contributed by atoms with Crippen molar-refractivity contribution in [3.8, 4) is 0 Å². The van der Waals surface area contributed by atoms with Crippen molar-refractivity contribution in [1.29, 1.82) is 0 Å². The fourth-order valence-electron chi connectivity index (χ4n) is 3.51. The predicted octanol–water partition coefficient (Wildman–Crippen LogP) is 2.19. The fourth-order valence-corrected chi connectivity index (χ4v) is 3.69. The Kier molecular flexibility index (Phi) is 8.81. The molecule has 2 aliphatic rings. The molecule has 1 aromatic rings. The van der Waals surface area contributed by atoms with Gasteiger partial charge in [0.15, 0.2) is 5.96 Å². The molecule has 0 atom stereocenters. The minimum Gasteiger partial charge on any atom is -0.368 e. The number of imide groups is 1. The first-order valence-electron chi connectivity index (χ1n) is 9.38. The molecule has 2 aliphatic heterocycles. The summed E-state index contributed by atoms with van der Waals surface area (Å²) in [5.41, 5.74) is 1.13. The van der Waals surface area contributed by atoms with Gasteiger partial charge in [0.2, 0.25) is 11.8 Å². The highest BCUT2D eigenvalue weighted by atomic mass is 127. The Labute approximate surface area is 188 Å². The minimum atomic E-state index is -0.0711. The van der Waals surface area contributed by atoms with Crippen molar-refractivity contribution in [2.75, 3.05) is 51.2 Å². The molecule has 1 aromatic carbocycles. The second-order valence-corrected chi connectivity index (χ2v) is 7.16. The maximum Gasteiger partial charge on any atom is 0.229 e. The topological polar surface area (TPSA) is 68.2 Å². The lowest BCUT2D eigenvalue weighted by Gasteiger charge is -2.38. The van der Waals surface area contributed by atoms with Crippen LogP contribution >= 0.6 is 35.6 Å². The van der Waals surface area contributed by atoms with Gasteiger partial charge in [0.1, 0.15) is 0 Å². The number of carbonyl (C=O) groups excluding carboxylic acids is 2. The number of nitrogens with one attached hydrogen (secondary N) is 1. The van der Waals surface area contributed by atoms with E-state index in [1.807, 2.05) is 18.2 Å². The average Bonchev–Trinajstić information content (AvgIpc) is 2.67. The Hall–Kier alpha value is -1.55. The molecule has 154 valence electrons. The van der Waals surface area contributed by atoms with Crippen molar-refractivity contribution in [1.82, 2.24) is 15.1 Å². The van der Waals surface area contributed by atoms with E-state index in [2.05, 4.69) is 26.2 Å². The van der Waals surface area contributed by atoms with Gasteiger partial charge in [0, 0.05) is 69.9 Å². The molecule has 0 aliphatic carbocycles. The highest BCUT2D eigenvalue weighted by molar-refractivity contribution is 14.0. The molecular weight excluding hydrogens is 493 g/mol. The number of nitrogens with zero attached hydrogens (tertiary/aromatic N) is 4. The molecule has 9 heteroatoms. The zero-order valence-electron chi connectivity index (χ0n) is 16.1. The van der Waals surface area contributed by atoms with Crippen molar-refractivity contribution >= 4 is 59.0 Å². The zero-order chi connectivity index (χ0) is 19.2. The lowest BCUT2D eigenvalue weighted by Crippen LogP contribution is -2.53. The molecule has 28 heavy (non-hydrogen) atoms. The number of likely N-dealkylation sites (tertiary alicyclic amines) is 1. The molecule has 3 rings (SSSR count). The van der Waals surface area contributed by atoms with Gasteiger partial charge in [-0.25, -0.2) is 0 Å². The number of guanidine groups is 1. The molecule has 0 saturated carbocycles. The van der Waals surface area contributed by atoms with Crippen LogP contribution in [0.1, 0.15) is 19.3 Å². The lowest BCUT2D eigenvalue weighted by atomic mass is 10.1. The number of piperazine rings is 1. The summed E-state index contributed by atoms with van der Waals surface area (Å²) in [6.45, 7) is 4.34. The predicted molar refractivity (Wildman–Crippen MR) is 123 cm³/mol. The third-order valence-corrected chi connectivity index (χ3v) is 5.20. The third-order valence-electron chi connectivity index (χ3n) is 4.97. The Morgan fingerprint density at radius 1 is 1.14 bits per heavy atom. The van der Waals surface area contributed by atoms with Crippen LogP contribution in [0.25, 0.3) is 0 Å². The first kappa shape index (κ1) is 22.7. The molecule has 0 unspecified atom stereocenters. The van der Waals surface area contributed by atoms with Crippen molar-refractivity contribution in [2.24, 2.45) is 4.99 Å². The summed E-state index contributed by atoms with van der Waals surface area (Å²) in [5.74, 6) is 0.661. The van der Waals surface area contributed by atoms with Crippen LogP contribution in [-0.4, -0.2) is 73.9 Å². The quantitative estimate of drug-likeness (QED) is 0.286. The SMILES string of the molecule is CN=C(NCCN1C(=O)CCCC1=O)N1CCN(c2cccc(Cl)c2)CC1.I. The molecule has 1 N–H and O–H groups in total. The monoisotopic (exact) mass is 519 g/mol. The van der Waals surface area contributed by atoms with Gasteiger partial charge in [-0.2, -0.15) is 0 Å². The Balaban J connectivity index is 0.00000280. The van der Waals surface area contributed by atoms with E-state index < -0.39 is 0 Å². The fraction of sp³-hybridized carbons (Fsp3) is 0.526. The third kappa shape index (κ3) is 5.73. The molecule has 0 bridgehead atoms. The number of piperidine rings is 1. The van der Waals surface area contributed by atoms with Crippen LogP contribution in [0.5, 0.6) is 0 Å². The normalized spacial score (nSPS) is 18.2. The molecule has 0 aromatic heterocycles. The van der Waals surface area contributed by atoms with Crippen molar-refractivity contribution in [3.05, 3.63) is 29.3 Å². The van der Waals surface area contributed by atoms with Crippen LogP contribution in [0, 0.1) is 0 Å². The molecule has 0 spiro atoms. The Morgan fingerprint density at radius 2 is 1.82 bits per heavy atom. The van der Waals surface area contributed by atoms with Crippen LogP contribution in [0.4, 0.5) is 5.69 Å². The van der Waals surface area contributed by atoms with Gasteiger partial charge in [0.05, 0.1) is 0 Å². The van der Waals surface area contributed by atoms with Crippen LogP contribution < -0.4 is 10.2 Å². The van der Waals surface area contributed by atoms with Gasteiger partial charge >= 0.3 is 0 Å². The summed E-state index contributed by atoms with van der Waals surface area (Å²) in [7, 11) is 1.75. The number of anilines is 1. The van der Waals surface area contributed by atoms with E-state index in [0.29, 0.717) is 32.4 Å². The molecule has 2 saturated heterocycles. The first-order valence-corrected chi connectivity index (χ1v) is 9.75. The summed E-state index contributed by atoms with van der Waals surface area (Å²) in [4.78, 5) is 33.9. The van der Waals surface area contributed by atoms with Crippen LogP contribution in [0.15, 0.2) is 29.3 Å². The van der Waals surface area contributed by atoms with Gasteiger partial charge in [-0.1, -0.05) is 17.7 Å². The summed E-state index contributed by atoms with van der Waals surface area (Å²) in [5, 5.41) is 4.03. The van der Waals surface area contributed by atoms with E-state index in [1.165, 1.54) is 4.90 Å². The van der Waals surface area contributed by atoms with Crippen LogP contribution in [0.3, 0.4) is 0 Å².